The molecular weight excluding hydrogens is 140 g/mol. The maximum absolute atomic E-state index is 10.9. The molecule has 0 amide bonds. The fraction of sp³-hybridized carbons (Fsp3) is 0.556. The number of allylic oxidation sites excluding steroid dienone is 2. The maximum atomic E-state index is 10.9. The molecular formula is C9H14O2. The third-order valence-electron chi connectivity index (χ3n) is 1.30. The number of unbranched alkanes of at least 4 members (excludes halogenated alkanes) is 1. The second-order valence-corrected chi connectivity index (χ2v) is 2.70. The molecule has 62 valence electrons. The zero-order chi connectivity index (χ0) is 8.69. The summed E-state index contributed by atoms with van der Waals surface area (Å²) in [4.78, 5) is 20.8. The van der Waals surface area contributed by atoms with E-state index in [1.807, 2.05) is 13.8 Å². The summed E-state index contributed by atoms with van der Waals surface area (Å²) in [6, 6.07) is 0. The van der Waals surface area contributed by atoms with Crippen LogP contribution in [0.25, 0.3) is 0 Å². The lowest BCUT2D eigenvalue weighted by molar-refractivity contribution is -0.117. The molecule has 0 rings (SSSR count). The van der Waals surface area contributed by atoms with Gasteiger partial charge in [0.1, 0.15) is 6.29 Å². The summed E-state index contributed by atoms with van der Waals surface area (Å²) in [6.45, 7) is 3.71. The molecule has 0 atom stereocenters. The number of ketones is 1. The fourth-order valence-electron chi connectivity index (χ4n) is 0.556. The van der Waals surface area contributed by atoms with E-state index in [9.17, 15) is 9.59 Å². The summed E-state index contributed by atoms with van der Waals surface area (Å²) < 4.78 is 0. The smallest absolute Gasteiger partial charge is 0.157 e. The second kappa shape index (κ2) is 5.83. The highest BCUT2D eigenvalue weighted by atomic mass is 16.1. The summed E-state index contributed by atoms with van der Waals surface area (Å²) in [7, 11) is 0. The van der Waals surface area contributed by atoms with Gasteiger partial charge in [0.25, 0.3) is 0 Å². The minimum absolute atomic E-state index is 0.0579. The molecule has 0 aliphatic rings. The van der Waals surface area contributed by atoms with Crippen molar-refractivity contribution in [1.29, 1.82) is 0 Å². The molecule has 0 heterocycles. The summed E-state index contributed by atoms with van der Waals surface area (Å²) in [5, 5.41) is 0. The Morgan fingerprint density at radius 3 is 2.45 bits per heavy atom. The Hall–Kier alpha value is -0.920. The molecule has 0 saturated carbocycles. The molecule has 0 unspecified atom stereocenters. The lowest BCUT2D eigenvalue weighted by Gasteiger charge is -1.95. The van der Waals surface area contributed by atoms with Gasteiger partial charge in [0.2, 0.25) is 0 Å². The predicted octanol–water partition coefficient (Wildman–Crippen LogP) is 1.75. The SMILES string of the molecule is CC(C)C(=O)/C=C\CCC=O. The molecule has 0 saturated heterocycles. The average Bonchev–Trinajstić information content (AvgIpc) is 1.97. The fourth-order valence-corrected chi connectivity index (χ4v) is 0.556. The first kappa shape index (κ1) is 10.1. The molecule has 0 aliphatic heterocycles. The number of aldehydes is 1. The first-order chi connectivity index (χ1) is 5.18. The van der Waals surface area contributed by atoms with Crippen LogP contribution in [0.3, 0.4) is 0 Å². The first-order valence-electron chi connectivity index (χ1n) is 3.82. The number of hydrogen-bond acceptors (Lipinski definition) is 2. The summed E-state index contributed by atoms with van der Waals surface area (Å²) >= 11 is 0. The van der Waals surface area contributed by atoms with Crippen molar-refractivity contribution in [3.05, 3.63) is 12.2 Å². The number of carbonyl (C=O) groups excluding carboxylic acids is 2. The van der Waals surface area contributed by atoms with Crippen LogP contribution in [-0.4, -0.2) is 12.1 Å². The molecule has 0 N–H and O–H groups in total. The van der Waals surface area contributed by atoms with Crippen molar-refractivity contribution in [2.24, 2.45) is 5.92 Å². The van der Waals surface area contributed by atoms with Crippen LogP contribution < -0.4 is 0 Å². The van der Waals surface area contributed by atoms with Crippen molar-refractivity contribution in [3.8, 4) is 0 Å². The van der Waals surface area contributed by atoms with Crippen LogP contribution in [-0.2, 0) is 9.59 Å². The predicted molar refractivity (Wildman–Crippen MR) is 44.3 cm³/mol. The van der Waals surface area contributed by atoms with Crippen LogP contribution in [0.2, 0.25) is 0 Å². The van der Waals surface area contributed by atoms with Crippen molar-refractivity contribution in [1.82, 2.24) is 0 Å². The Bertz CT molecular complexity index is 157. The highest BCUT2D eigenvalue weighted by Gasteiger charge is 2.00. The van der Waals surface area contributed by atoms with Gasteiger partial charge in [0, 0.05) is 12.3 Å². The summed E-state index contributed by atoms with van der Waals surface area (Å²) in [6.07, 6.45) is 5.32. The summed E-state index contributed by atoms with van der Waals surface area (Å²) in [5.41, 5.74) is 0. The Morgan fingerprint density at radius 1 is 1.36 bits per heavy atom. The van der Waals surface area contributed by atoms with Crippen molar-refractivity contribution < 1.29 is 9.59 Å². The zero-order valence-corrected chi connectivity index (χ0v) is 7.04. The molecule has 0 aromatic rings. The first-order valence-corrected chi connectivity index (χ1v) is 3.82. The van der Waals surface area contributed by atoms with Gasteiger partial charge in [-0.05, 0) is 12.5 Å². The second-order valence-electron chi connectivity index (χ2n) is 2.70. The minimum Gasteiger partial charge on any atom is -0.303 e. The van der Waals surface area contributed by atoms with Gasteiger partial charge in [0.05, 0.1) is 0 Å². The van der Waals surface area contributed by atoms with E-state index >= 15 is 0 Å². The van der Waals surface area contributed by atoms with E-state index in [0.717, 1.165) is 6.29 Å². The highest BCUT2D eigenvalue weighted by Crippen LogP contribution is 1.96. The van der Waals surface area contributed by atoms with Crippen molar-refractivity contribution in [2.45, 2.75) is 26.7 Å². The van der Waals surface area contributed by atoms with Gasteiger partial charge >= 0.3 is 0 Å². The van der Waals surface area contributed by atoms with Crippen LogP contribution in [0.5, 0.6) is 0 Å². The van der Waals surface area contributed by atoms with Gasteiger partial charge in [-0.25, -0.2) is 0 Å². The maximum Gasteiger partial charge on any atom is 0.157 e. The molecule has 11 heavy (non-hydrogen) atoms. The molecule has 2 nitrogen and oxygen atoms in total. The van der Waals surface area contributed by atoms with Gasteiger partial charge in [-0.1, -0.05) is 19.9 Å². The molecule has 0 aromatic heterocycles. The van der Waals surface area contributed by atoms with E-state index < -0.39 is 0 Å². The Kier molecular flexibility index (Phi) is 5.35. The normalized spacial score (nSPS) is 10.8. The van der Waals surface area contributed by atoms with Crippen LogP contribution >= 0.6 is 0 Å². The average molecular weight is 154 g/mol. The minimum atomic E-state index is 0.0579. The Labute approximate surface area is 67.3 Å². The van der Waals surface area contributed by atoms with E-state index in [2.05, 4.69) is 0 Å². The van der Waals surface area contributed by atoms with E-state index in [4.69, 9.17) is 0 Å². The Morgan fingerprint density at radius 2 is 2.00 bits per heavy atom. The van der Waals surface area contributed by atoms with Crippen LogP contribution in [0.15, 0.2) is 12.2 Å². The van der Waals surface area contributed by atoms with Gasteiger partial charge in [-0.2, -0.15) is 0 Å². The molecule has 0 fully saturated rings. The zero-order valence-electron chi connectivity index (χ0n) is 7.04. The van der Waals surface area contributed by atoms with Crippen LogP contribution in [0.1, 0.15) is 26.7 Å². The monoisotopic (exact) mass is 154 g/mol. The third-order valence-corrected chi connectivity index (χ3v) is 1.30. The molecule has 0 aliphatic carbocycles. The molecule has 0 radical (unpaired) electrons. The lowest BCUT2D eigenvalue weighted by atomic mass is 10.1. The van der Waals surface area contributed by atoms with Gasteiger partial charge in [0.15, 0.2) is 5.78 Å². The quantitative estimate of drug-likeness (QED) is 0.343. The van der Waals surface area contributed by atoms with Crippen molar-refractivity contribution in [2.75, 3.05) is 0 Å². The van der Waals surface area contributed by atoms with Gasteiger partial charge in [-0.3, -0.25) is 4.79 Å². The topological polar surface area (TPSA) is 34.1 Å². The molecule has 0 aromatic carbocycles. The number of hydrogen-bond donors (Lipinski definition) is 0. The highest BCUT2D eigenvalue weighted by molar-refractivity contribution is 5.91. The number of carbonyl (C=O) groups is 2. The summed E-state index contributed by atoms with van der Waals surface area (Å²) in [5.74, 6) is 0.179. The van der Waals surface area contributed by atoms with Crippen molar-refractivity contribution >= 4 is 12.1 Å². The van der Waals surface area contributed by atoms with Crippen LogP contribution in [0, 0.1) is 5.92 Å². The lowest BCUT2D eigenvalue weighted by Crippen LogP contribution is -2.01. The molecule has 0 bridgehead atoms. The van der Waals surface area contributed by atoms with E-state index in [-0.39, 0.29) is 11.7 Å². The van der Waals surface area contributed by atoms with Crippen molar-refractivity contribution in [3.63, 3.8) is 0 Å². The molecule has 0 spiro atoms. The van der Waals surface area contributed by atoms with Gasteiger partial charge in [-0.15, -0.1) is 0 Å². The third kappa shape index (κ3) is 5.52. The standard InChI is InChI=1S/C9H14O2/c1-8(2)9(11)6-4-3-5-7-10/h4,6-8H,3,5H2,1-2H3/b6-4-. The van der Waals surface area contributed by atoms with E-state index in [1.165, 1.54) is 0 Å². The number of rotatable bonds is 5. The molecule has 2 heteroatoms. The van der Waals surface area contributed by atoms with Crippen LogP contribution in [0.4, 0.5) is 0 Å². The van der Waals surface area contributed by atoms with E-state index in [0.29, 0.717) is 12.8 Å². The largest absolute Gasteiger partial charge is 0.303 e. The van der Waals surface area contributed by atoms with Gasteiger partial charge < -0.3 is 4.79 Å². The van der Waals surface area contributed by atoms with E-state index in [1.54, 1.807) is 12.2 Å². The Balaban J connectivity index is 3.56.